The van der Waals surface area contributed by atoms with E-state index in [1.54, 1.807) is 0 Å². The molecule has 7 nitrogen and oxygen atoms in total. The van der Waals surface area contributed by atoms with Gasteiger partial charge in [-0.1, -0.05) is 11.6 Å². The molecule has 5 heterocycles. The summed E-state index contributed by atoms with van der Waals surface area (Å²) in [6.45, 7) is 4.04. The molecule has 14 heteroatoms. The summed E-state index contributed by atoms with van der Waals surface area (Å²) in [7, 11) is 0. The molecule has 1 aromatic heterocycles. The Hall–Kier alpha value is -3.03. The summed E-state index contributed by atoms with van der Waals surface area (Å²) in [5, 5.41) is 12.7. The Balaban J connectivity index is 1.39. The lowest BCUT2D eigenvalue weighted by Gasteiger charge is -2.40. The van der Waals surface area contributed by atoms with Crippen LogP contribution in [0.25, 0.3) is 22.0 Å². The van der Waals surface area contributed by atoms with Gasteiger partial charge in [-0.05, 0) is 57.4 Å². The summed E-state index contributed by atoms with van der Waals surface area (Å²) < 4.78 is 94.9. The molecule has 0 spiro atoms. The smallest absolute Gasteiger partial charge is 0.418 e. The zero-order chi connectivity index (χ0) is 31.2. The number of phenols is 1. The normalized spacial score (nSPS) is 28.7. The van der Waals surface area contributed by atoms with Gasteiger partial charge in [0.25, 0.3) is 0 Å². The summed E-state index contributed by atoms with van der Waals surface area (Å²) in [5.41, 5.74) is -4.78. The molecule has 0 unspecified atom stereocenters. The van der Waals surface area contributed by atoms with Crippen LogP contribution in [-0.4, -0.2) is 76.1 Å². The molecule has 2 bridgehead atoms. The van der Waals surface area contributed by atoms with E-state index in [0.717, 1.165) is 31.9 Å². The van der Waals surface area contributed by atoms with Crippen LogP contribution >= 0.6 is 11.6 Å². The summed E-state index contributed by atoms with van der Waals surface area (Å²) in [5.74, 6) is -3.19. The average Bonchev–Trinajstić information content (AvgIpc) is 3.54. The van der Waals surface area contributed by atoms with E-state index < -0.39 is 62.5 Å². The molecule has 44 heavy (non-hydrogen) atoms. The average molecular weight is 642 g/mol. The quantitative estimate of drug-likeness (QED) is 0.320. The van der Waals surface area contributed by atoms with Gasteiger partial charge in [-0.3, -0.25) is 4.90 Å². The van der Waals surface area contributed by atoms with Crippen molar-refractivity contribution >= 4 is 28.3 Å². The molecule has 0 saturated carbocycles. The van der Waals surface area contributed by atoms with Crippen molar-refractivity contribution in [2.75, 3.05) is 37.7 Å². The number of ether oxygens (including phenoxy) is 1. The van der Waals surface area contributed by atoms with Crippen molar-refractivity contribution in [3.8, 4) is 22.9 Å². The van der Waals surface area contributed by atoms with Crippen molar-refractivity contribution in [1.29, 1.82) is 0 Å². The fourth-order valence-electron chi connectivity index (χ4n) is 7.74. The summed E-state index contributed by atoms with van der Waals surface area (Å²) in [6, 6.07) is 2.06. The van der Waals surface area contributed by atoms with Gasteiger partial charge in [0.05, 0.1) is 21.7 Å². The second kappa shape index (κ2) is 10.2. The molecule has 4 aliphatic rings. The minimum atomic E-state index is -5.09. The van der Waals surface area contributed by atoms with Crippen LogP contribution in [0.5, 0.6) is 11.8 Å². The molecule has 4 fully saturated rings. The van der Waals surface area contributed by atoms with Crippen LogP contribution < -0.4 is 15.0 Å². The molecule has 0 amide bonds. The second-order valence-electron chi connectivity index (χ2n) is 12.8. The molecule has 2 aromatic carbocycles. The maximum Gasteiger partial charge on any atom is 0.418 e. The Morgan fingerprint density at radius 1 is 1.16 bits per heavy atom. The Kier molecular flexibility index (Phi) is 6.91. The first kappa shape index (κ1) is 29.7. The van der Waals surface area contributed by atoms with E-state index in [1.807, 2.05) is 16.7 Å². The van der Waals surface area contributed by atoms with Crippen molar-refractivity contribution in [2.45, 2.75) is 68.5 Å². The molecule has 2 N–H and O–H groups in total. The van der Waals surface area contributed by atoms with Crippen LogP contribution in [0, 0.1) is 11.6 Å². The molecule has 4 atom stereocenters. The number of benzene rings is 2. The SMILES string of the molecule is C[C@]12CC[C@H](CN(c3nc(OC[C@@]45CCCN4C[C@H](F)C5)nc4c(F)c(-c5cc(O)cc(Cl)c5C(F)(F)F)c(F)cc34)C1)N2. The number of phenolic OH excluding ortho intramolecular Hbond substituents is 1. The monoisotopic (exact) mass is 641 g/mol. The van der Waals surface area contributed by atoms with Crippen molar-refractivity contribution < 1.29 is 36.2 Å². The maximum atomic E-state index is 16.5. The van der Waals surface area contributed by atoms with E-state index in [2.05, 4.69) is 15.3 Å². The Morgan fingerprint density at radius 2 is 1.95 bits per heavy atom. The van der Waals surface area contributed by atoms with Crippen LogP contribution in [0.15, 0.2) is 18.2 Å². The van der Waals surface area contributed by atoms with Crippen molar-refractivity contribution in [3.63, 3.8) is 0 Å². The number of nitrogens with one attached hydrogen (secondary N) is 1. The van der Waals surface area contributed by atoms with Gasteiger partial charge >= 0.3 is 12.2 Å². The van der Waals surface area contributed by atoms with Gasteiger partial charge in [0, 0.05) is 48.6 Å². The molecular weight excluding hydrogens is 612 g/mol. The molecular formula is C30H30ClF6N5O2. The van der Waals surface area contributed by atoms with E-state index in [-0.39, 0.29) is 41.8 Å². The third-order valence-corrected chi connectivity index (χ3v) is 9.88. The topological polar surface area (TPSA) is 73.8 Å². The molecule has 4 saturated heterocycles. The highest BCUT2D eigenvalue weighted by Crippen LogP contribution is 2.47. The number of nitrogens with zero attached hydrogens (tertiary/aromatic N) is 4. The number of piperazine rings is 1. The Morgan fingerprint density at radius 3 is 2.70 bits per heavy atom. The number of aromatic hydroxyl groups is 1. The Labute approximate surface area is 254 Å². The van der Waals surface area contributed by atoms with E-state index in [0.29, 0.717) is 38.2 Å². The third kappa shape index (κ3) is 4.91. The van der Waals surface area contributed by atoms with Gasteiger partial charge in [-0.25, -0.2) is 13.2 Å². The summed E-state index contributed by atoms with van der Waals surface area (Å²) in [6.07, 6.45) is -2.48. The number of hydrogen-bond donors (Lipinski definition) is 2. The standard InChI is InChI=1S/C30H30ClF6N5O2/c1-28-5-3-16(40-28)12-41(13-28)26-19-9-21(33)22(18-7-17(43)8-20(31)23(18)30(35,36)37)24(34)25(19)38-27(39-26)44-14-29-4-2-6-42(29)11-15(32)10-29/h7-9,15-16,40,43H,2-6,10-14H2,1H3/t15-,16-,28+,29+/m1/s1. The van der Waals surface area contributed by atoms with Gasteiger partial charge in [-0.2, -0.15) is 23.1 Å². The number of halogens is 7. The first-order valence-electron chi connectivity index (χ1n) is 14.6. The zero-order valence-corrected chi connectivity index (χ0v) is 24.5. The molecule has 236 valence electrons. The predicted molar refractivity (Wildman–Crippen MR) is 152 cm³/mol. The maximum absolute atomic E-state index is 16.5. The predicted octanol–water partition coefficient (Wildman–Crippen LogP) is 6.24. The van der Waals surface area contributed by atoms with Crippen LogP contribution in [0.3, 0.4) is 0 Å². The number of alkyl halides is 4. The van der Waals surface area contributed by atoms with Gasteiger partial charge in [-0.15, -0.1) is 0 Å². The zero-order valence-electron chi connectivity index (χ0n) is 23.7. The highest BCUT2D eigenvalue weighted by atomic mass is 35.5. The molecule has 0 aliphatic carbocycles. The van der Waals surface area contributed by atoms with Crippen molar-refractivity contribution in [1.82, 2.24) is 20.2 Å². The van der Waals surface area contributed by atoms with Gasteiger partial charge in [0.2, 0.25) is 0 Å². The van der Waals surface area contributed by atoms with Gasteiger partial charge < -0.3 is 20.1 Å². The third-order valence-electron chi connectivity index (χ3n) is 9.58. The Bertz CT molecular complexity index is 1660. The highest BCUT2D eigenvalue weighted by Gasteiger charge is 2.49. The second-order valence-corrected chi connectivity index (χ2v) is 13.2. The lowest BCUT2D eigenvalue weighted by Crippen LogP contribution is -2.58. The number of rotatable bonds is 5. The molecule has 7 rings (SSSR count). The van der Waals surface area contributed by atoms with Crippen LogP contribution in [0.4, 0.5) is 32.2 Å². The largest absolute Gasteiger partial charge is 0.508 e. The van der Waals surface area contributed by atoms with E-state index >= 15 is 8.78 Å². The van der Waals surface area contributed by atoms with E-state index in [1.165, 1.54) is 0 Å². The van der Waals surface area contributed by atoms with Crippen LogP contribution in [0.1, 0.15) is 44.6 Å². The lowest BCUT2D eigenvalue weighted by atomic mass is 9.95. The molecule has 3 aromatic rings. The summed E-state index contributed by atoms with van der Waals surface area (Å²) >= 11 is 5.83. The number of fused-ring (bicyclic) bond motifs is 4. The molecule has 4 aliphatic heterocycles. The first-order valence-corrected chi connectivity index (χ1v) is 15.0. The minimum absolute atomic E-state index is 0.0360. The van der Waals surface area contributed by atoms with Crippen LogP contribution in [-0.2, 0) is 6.18 Å². The molecule has 0 radical (unpaired) electrons. The van der Waals surface area contributed by atoms with Gasteiger partial charge in [0.1, 0.15) is 35.7 Å². The van der Waals surface area contributed by atoms with E-state index in [4.69, 9.17) is 16.3 Å². The number of hydrogen-bond acceptors (Lipinski definition) is 7. The lowest BCUT2D eigenvalue weighted by molar-refractivity contribution is -0.137. The van der Waals surface area contributed by atoms with Crippen molar-refractivity contribution in [3.05, 3.63) is 40.4 Å². The minimum Gasteiger partial charge on any atom is -0.508 e. The fraction of sp³-hybridized carbons (Fsp3) is 0.533. The highest BCUT2D eigenvalue weighted by molar-refractivity contribution is 6.32. The van der Waals surface area contributed by atoms with Gasteiger partial charge in [0.15, 0.2) is 5.82 Å². The van der Waals surface area contributed by atoms with Crippen molar-refractivity contribution in [2.24, 2.45) is 0 Å². The van der Waals surface area contributed by atoms with Crippen LogP contribution in [0.2, 0.25) is 5.02 Å². The summed E-state index contributed by atoms with van der Waals surface area (Å²) in [4.78, 5) is 12.8. The number of aromatic nitrogens is 2. The number of anilines is 1. The van der Waals surface area contributed by atoms with E-state index in [9.17, 15) is 22.7 Å². The fourth-order valence-corrected chi connectivity index (χ4v) is 8.06. The first-order chi connectivity index (χ1) is 20.8.